The van der Waals surface area contributed by atoms with Crippen LogP contribution in [-0.4, -0.2) is 37.4 Å². The minimum atomic E-state index is -4.22. The normalized spacial score (nSPS) is 19.2. The van der Waals surface area contributed by atoms with Gasteiger partial charge in [-0.25, -0.2) is 0 Å². The van der Waals surface area contributed by atoms with E-state index in [1.54, 1.807) is 0 Å². The fraction of sp³-hybridized carbons (Fsp3) is 1.00. The average molecular weight is 246 g/mol. The minimum Gasteiger partial charge on any atom is -0.372 e. The first-order chi connectivity index (χ1) is 6.97. The van der Waals surface area contributed by atoms with Gasteiger partial charge in [0.25, 0.3) is 0 Å². The molecular formula is C9H15ClF3NO. The zero-order valence-corrected chi connectivity index (χ0v) is 9.13. The maximum atomic E-state index is 11.7. The molecule has 0 bridgehead atoms. The second-order valence-corrected chi connectivity index (χ2v) is 4.13. The molecule has 15 heavy (non-hydrogen) atoms. The molecule has 1 aliphatic carbocycles. The van der Waals surface area contributed by atoms with E-state index in [-0.39, 0.29) is 12.1 Å². The molecule has 0 amide bonds. The van der Waals surface area contributed by atoms with Crippen molar-refractivity contribution in [2.75, 3.05) is 25.6 Å². The van der Waals surface area contributed by atoms with Crippen molar-refractivity contribution >= 4 is 11.6 Å². The summed E-state index contributed by atoms with van der Waals surface area (Å²) in [6.07, 6.45) is -1.53. The smallest absolute Gasteiger partial charge is 0.372 e. The van der Waals surface area contributed by atoms with Crippen LogP contribution in [-0.2, 0) is 4.74 Å². The number of hydrogen-bond donors (Lipinski definition) is 1. The van der Waals surface area contributed by atoms with Gasteiger partial charge in [0.15, 0.2) is 0 Å². The molecule has 0 atom stereocenters. The molecule has 0 spiro atoms. The maximum Gasteiger partial charge on any atom is 0.411 e. The number of halogens is 4. The van der Waals surface area contributed by atoms with Gasteiger partial charge in [0.1, 0.15) is 6.61 Å². The summed E-state index contributed by atoms with van der Waals surface area (Å²) in [6, 6.07) is 0. The lowest BCUT2D eigenvalue weighted by atomic mass is 10.3. The molecule has 0 aliphatic heterocycles. The molecule has 0 heterocycles. The molecule has 1 N–H and O–H groups in total. The Morgan fingerprint density at radius 2 is 2.00 bits per heavy atom. The summed E-state index contributed by atoms with van der Waals surface area (Å²) in [7, 11) is 0. The molecule has 0 aromatic rings. The molecule has 1 aliphatic rings. The second kappa shape index (κ2) is 5.37. The maximum absolute atomic E-state index is 11.7. The van der Waals surface area contributed by atoms with Gasteiger partial charge < -0.3 is 10.1 Å². The lowest BCUT2D eigenvalue weighted by molar-refractivity contribution is -0.173. The highest BCUT2D eigenvalue weighted by Gasteiger charge is 2.40. The third-order valence-electron chi connectivity index (χ3n) is 2.34. The Morgan fingerprint density at radius 3 is 2.47 bits per heavy atom. The van der Waals surface area contributed by atoms with Crippen LogP contribution in [0.5, 0.6) is 0 Å². The number of rotatable bonds is 7. The standard InChI is InChI=1S/C9H15ClF3NO/c10-6-8(2-3-8)14-4-1-5-15-7-9(11,12)13/h14H,1-7H2. The van der Waals surface area contributed by atoms with Gasteiger partial charge in [-0.05, 0) is 25.8 Å². The predicted octanol–water partition coefficient (Wildman–Crippen LogP) is 2.32. The first-order valence-corrected chi connectivity index (χ1v) is 5.46. The van der Waals surface area contributed by atoms with Gasteiger partial charge in [-0.15, -0.1) is 11.6 Å². The third-order valence-corrected chi connectivity index (χ3v) is 2.85. The lowest BCUT2D eigenvalue weighted by Gasteiger charge is -2.13. The summed E-state index contributed by atoms with van der Waals surface area (Å²) < 4.78 is 39.5. The first kappa shape index (κ1) is 13.1. The van der Waals surface area contributed by atoms with Crippen molar-refractivity contribution in [3.63, 3.8) is 0 Å². The summed E-state index contributed by atoms with van der Waals surface area (Å²) in [5.41, 5.74) is 0.0611. The Labute approximate surface area is 92.1 Å². The van der Waals surface area contributed by atoms with Crippen LogP contribution in [0.25, 0.3) is 0 Å². The Hall–Kier alpha value is 0. The average Bonchev–Trinajstić information content (AvgIpc) is 2.90. The van der Waals surface area contributed by atoms with Gasteiger partial charge in [0, 0.05) is 18.0 Å². The Bertz CT molecular complexity index is 194. The fourth-order valence-corrected chi connectivity index (χ4v) is 1.59. The molecule has 1 saturated carbocycles. The molecule has 0 aromatic carbocycles. The van der Waals surface area contributed by atoms with Gasteiger partial charge in [-0.3, -0.25) is 0 Å². The van der Waals surface area contributed by atoms with Gasteiger partial charge >= 0.3 is 6.18 Å². The van der Waals surface area contributed by atoms with Crippen molar-refractivity contribution in [2.24, 2.45) is 0 Å². The van der Waals surface area contributed by atoms with Crippen molar-refractivity contribution in [3.05, 3.63) is 0 Å². The van der Waals surface area contributed by atoms with Gasteiger partial charge in [0.05, 0.1) is 0 Å². The largest absolute Gasteiger partial charge is 0.411 e. The SMILES string of the molecule is FC(F)(F)COCCCNC1(CCl)CC1. The Kier molecular flexibility index (Phi) is 4.67. The molecule has 0 unspecified atom stereocenters. The van der Waals surface area contributed by atoms with E-state index in [1.165, 1.54) is 0 Å². The zero-order valence-electron chi connectivity index (χ0n) is 8.37. The quantitative estimate of drug-likeness (QED) is 0.549. The minimum absolute atomic E-state index is 0.0611. The summed E-state index contributed by atoms with van der Waals surface area (Å²) in [5, 5.41) is 3.22. The van der Waals surface area contributed by atoms with E-state index in [2.05, 4.69) is 10.1 Å². The molecule has 0 aromatic heterocycles. The van der Waals surface area contributed by atoms with E-state index in [0.717, 1.165) is 12.8 Å². The van der Waals surface area contributed by atoms with Crippen LogP contribution in [0.2, 0.25) is 0 Å². The van der Waals surface area contributed by atoms with Crippen molar-refractivity contribution < 1.29 is 17.9 Å². The summed E-state index contributed by atoms with van der Waals surface area (Å²) in [5.74, 6) is 0.566. The molecule has 1 fully saturated rings. The number of hydrogen-bond acceptors (Lipinski definition) is 2. The van der Waals surface area contributed by atoms with Crippen LogP contribution in [0.4, 0.5) is 13.2 Å². The summed E-state index contributed by atoms with van der Waals surface area (Å²) in [6.45, 7) is -0.372. The Morgan fingerprint density at radius 1 is 1.33 bits per heavy atom. The van der Waals surface area contributed by atoms with E-state index in [1.807, 2.05) is 0 Å². The Balaban J connectivity index is 1.90. The van der Waals surface area contributed by atoms with Crippen molar-refractivity contribution in [2.45, 2.75) is 31.0 Å². The highest BCUT2D eigenvalue weighted by atomic mass is 35.5. The van der Waals surface area contributed by atoms with Gasteiger partial charge in [-0.2, -0.15) is 13.2 Å². The van der Waals surface area contributed by atoms with Gasteiger partial charge in [0.2, 0.25) is 0 Å². The van der Waals surface area contributed by atoms with Gasteiger partial charge in [-0.1, -0.05) is 0 Å². The zero-order chi connectivity index (χ0) is 11.4. The predicted molar refractivity (Wildman–Crippen MR) is 52.2 cm³/mol. The van der Waals surface area contributed by atoms with Crippen molar-refractivity contribution in [3.8, 4) is 0 Å². The third kappa shape index (κ3) is 5.58. The van der Waals surface area contributed by atoms with E-state index in [9.17, 15) is 13.2 Å². The molecule has 2 nitrogen and oxygen atoms in total. The molecular weight excluding hydrogens is 231 g/mol. The van der Waals surface area contributed by atoms with Crippen LogP contribution < -0.4 is 5.32 Å². The summed E-state index contributed by atoms with van der Waals surface area (Å²) >= 11 is 5.71. The van der Waals surface area contributed by atoms with E-state index in [0.29, 0.717) is 18.8 Å². The molecule has 6 heteroatoms. The van der Waals surface area contributed by atoms with Crippen LogP contribution in [0.15, 0.2) is 0 Å². The molecule has 0 saturated heterocycles. The summed E-state index contributed by atoms with van der Waals surface area (Å²) in [4.78, 5) is 0. The van der Waals surface area contributed by atoms with Crippen LogP contribution in [0.3, 0.4) is 0 Å². The van der Waals surface area contributed by atoms with Crippen LogP contribution in [0, 0.1) is 0 Å². The first-order valence-electron chi connectivity index (χ1n) is 4.93. The fourth-order valence-electron chi connectivity index (χ4n) is 1.22. The van der Waals surface area contributed by atoms with E-state index < -0.39 is 12.8 Å². The van der Waals surface area contributed by atoms with Crippen molar-refractivity contribution in [1.29, 1.82) is 0 Å². The topological polar surface area (TPSA) is 21.3 Å². The number of nitrogens with one attached hydrogen (secondary N) is 1. The molecule has 0 radical (unpaired) electrons. The molecule has 1 rings (SSSR count). The second-order valence-electron chi connectivity index (χ2n) is 3.86. The lowest BCUT2D eigenvalue weighted by Crippen LogP contribution is -2.34. The van der Waals surface area contributed by atoms with Crippen LogP contribution in [0.1, 0.15) is 19.3 Å². The highest BCUT2D eigenvalue weighted by molar-refractivity contribution is 6.18. The van der Waals surface area contributed by atoms with E-state index in [4.69, 9.17) is 11.6 Å². The number of ether oxygens (including phenoxy) is 1. The highest BCUT2D eigenvalue weighted by Crippen LogP contribution is 2.36. The van der Waals surface area contributed by atoms with Crippen molar-refractivity contribution in [1.82, 2.24) is 5.32 Å². The van der Waals surface area contributed by atoms with Crippen LogP contribution >= 0.6 is 11.6 Å². The molecule has 90 valence electrons. The van der Waals surface area contributed by atoms with E-state index >= 15 is 0 Å². The monoisotopic (exact) mass is 245 g/mol. The number of alkyl halides is 4.